The number of carbonyl (C=O) groups excluding carboxylic acids is 2. The van der Waals surface area contributed by atoms with E-state index in [0.717, 1.165) is 6.42 Å². The van der Waals surface area contributed by atoms with Crippen LogP contribution in [0.5, 0.6) is 0 Å². The van der Waals surface area contributed by atoms with Gasteiger partial charge in [0.2, 0.25) is 5.91 Å². The molecule has 1 atom stereocenters. The third-order valence-corrected chi connectivity index (χ3v) is 2.43. The standard InChI is InChI=1S/C11H21N3O4/c1-8(2-3-10(16)17)4-6-13-11(18)14-7-5-9(12)15/h8H,2-7H2,1H3,(H2,12,15)(H,16,17)(H2,13,14,18). The second-order valence-electron chi connectivity index (χ2n) is 4.23. The lowest BCUT2D eigenvalue weighted by molar-refractivity contribution is -0.137. The summed E-state index contributed by atoms with van der Waals surface area (Å²) in [7, 11) is 0. The second kappa shape index (κ2) is 9.26. The minimum absolute atomic E-state index is 0.114. The van der Waals surface area contributed by atoms with Gasteiger partial charge in [0.25, 0.3) is 0 Å². The third kappa shape index (κ3) is 10.7. The largest absolute Gasteiger partial charge is 0.481 e. The highest BCUT2D eigenvalue weighted by Gasteiger charge is 2.06. The quantitative estimate of drug-likeness (QED) is 0.467. The Morgan fingerprint density at radius 2 is 1.72 bits per heavy atom. The summed E-state index contributed by atoms with van der Waals surface area (Å²) in [6.07, 6.45) is 1.57. The molecule has 0 aliphatic heterocycles. The molecule has 0 aromatic carbocycles. The van der Waals surface area contributed by atoms with E-state index in [-0.39, 0.29) is 31.3 Å². The molecule has 0 radical (unpaired) electrons. The maximum atomic E-state index is 11.2. The fourth-order valence-corrected chi connectivity index (χ4v) is 1.31. The van der Waals surface area contributed by atoms with Gasteiger partial charge in [0, 0.05) is 25.9 Å². The average Bonchev–Trinajstić information content (AvgIpc) is 2.25. The summed E-state index contributed by atoms with van der Waals surface area (Å²) >= 11 is 0. The number of nitrogens with one attached hydrogen (secondary N) is 2. The van der Waals surface area contributed by atoms with Gasteiger partial charge in [0.05, 0.1) is 0 Å². The first-order chi connectivity index (χ1) is 8.41. The molecule has 0 aliphatic carbocycles. The smallest absolute Gasteiger partial charge is 0.314 e. The summed E-state index contributed by atoms with van der Waals surface area (Å²) < 4.78 is 0. The maximum absolute atomic E-state index is 11.2. The van der Waals surface area contributed by atoms with Gasteiger partial charge in [-0.1, -0.05) is 6.92 Å². The van der Waals surface area contributed by atoms with E-state index in [4.69, 9.17) is 10.8 Å². The van der Waals surface area contributed by atoms with Crippen molar-refractivity contribution in [3.8, 4) is 0 Å². The zero-order valence-corrected chi connectivity index (χ0v) is 10.6. The number of primary amides is 1. The number of carbonyl (C=O) groups is 3. The van der Waals surface area contributed by atoms with Crippen LogP contribution < -0.4 is 16.4 Å². The van der Waals surface area contributed by atoms with E-state index >= 15 is 0 Å². The van der Waals surface area contributed by atoms with Crippen LogP contribution in [0.15, 0.2) is 0 Å². The van der Waals surface area contributed by atoms with Crippen molar-refractivity contribution in [1.82, 2.24) is 10.6 Å². The lowest BCUT2D eigenvalue weighted by Crippen LogP contribution is -2.38. The molecule has 0 spiro atoms. The predicted octanol–water partition coefficient (Wildman–Crippen LogP) is 0.0520. The SMILES string of the molecule is CC(CCNC(=O)NCCC(N)=O)CCC(=O)O. The highest BCUT2D eigenvalue weighted by atomic mass is 16.4. The van der Waals surface area contributed by atoms with Crippen LogP contribution >= 0.6 is 0 Å². The van der Waals surface area contributed by atoms with Crippen molar-refractivity contribution in [3.63, 3.8) is 0 Å². The van der Waals surface area contributed by atoms with Crippen LogP contribution in [0.1, 0.15) is 32.6 Å². The van der Waals surface area contributed by atoms with Gasteiger partial charge in [-0.15, -0.1) is 0 Å². The van der Waals surface area contributed by atoms with Gasteiger partial charge in [0.1, 0.15) is 0 Å². The molecule has 0 aliphatic rings. The van der Waals surface area contributed by atoms with E-state index in [0.29, 0.717) is 13.0 Å². The number of nitrogens with two attached hydrogens (primary N) is 1. The number of rotatable bonds is 9. The first-order valence-electron chi connectivity index (χ1n) is 5.93. The van der Waals surface area contributed by atoms with E-state index < -0.39 is 11.9 Å². The Labute approximate surface area is 106 Å². The van der Waals surface area contributed by atoms with Crippen molar-refractivity contribution in [1.29, 1.82) is 0 Å². The molecule has 0 aromatic rings. The molecule has 0 saturated heterocycles. The Balaban J connectivity index is 3.49. The molecule has 0 heterocycles. The molecule has 18 heavy (non-hydrogen) atoms. The summed E-state index contributed by atoms with van der Waals surface area (Å²) in [6, 6.07) is -0.346. The van der Waals surface area contributed by atoms with Crippen molar-refractivity contribution in [3.05, 3.63) is 0 Å². The molecule has 0 saturated carbocycles. The van der Waals surface area contributed by atoms with E-state index in [2.05, 4.69) is 10.6 Å². The number of hydrogen-bond acceptors (Lipinski definition) is 3. The Kier molecular flexibility index (Phi) is 8.34. The fourth-order valence-electron chi connectivity index (χ4n) is 1.31. The van der Waals surface area contributed by atoms with E-state index in [1.54, 1.807) is 0 Å². The number of aliphatic carboxylic acids is 1. The molecule has 3 amide bonds. The van der Waals surface area contributed by atoms with E-state index in [1.165, 1.54) is 0 Å². The van der Waals surface area contributed by atoms with Crippen molar-refractivity contribution in [2.75, 3.05) is 13.1 Å². The van der Waals surface area contributed by atoms with Crippen LogP contribution in [-0.2, 0) is 9.59 Å². The average molecular weight is 259 g/mol. The number of hydrogen-bond donors (Lipinski definition) is 4. The molecular formula is C11H21N3O4. The first kappa shape index (κ1) is 16.2. The van der Waals surface area contributed by atoms with Crippen molar-refractivity contribution < 1.29 is 19.5 Å². The summed E-state index contributed by atoms with van der Waals surface area (Å²) in [5.41, 5.74) is 4.92. The van der Waals surface area contributed by atoms with Crippen LogP contribution in [0.4, 0.5) is 4.79 Å². The van der Waals surface area contributed by atoms with Gasteiger partial charge in [-0.05, 0) is 18.8 Å². The Morgan fingerprint density at radius 1 is 1.11 bits per heavy atom. The minimum Gasteiger partial charge on any atom is -0.481 e. The van der Waals surface area contributed by atoms with Gasteiger partial charge < -0.3 is 21.5 Å². The van der Waals surface area contributed by atoms with Crippen LogP contribution in [-0.4, -0.2) is 36.1 Å². The van der Waals surface area contributed by atoms with Crippen molar-refractivity contribution in [2.24, 2.45) is 11.7 Å². The molecule has 104 valence electrons. The van der Waals surface area contributed by atoms with Crippen LogP contribution in [0.25, 0.3) is 0 Å². The lowest BCUT2D eigenvalue weighted by Gasteiger charge is -2.11. The first-order valence-corrected chi connectivity index (χ1v) is 5.93. The van der Waals surface area contributed by atoms with E-state index in [1.807, 2.05) is 6.92 Å². The normalized spacial score (nSPS) is 11.6. The zero-order valence-electron chi connectivity index (χ0n) is 10.6. The van der Waals surface area contributed by atoms with E-state index in [9.17, 15) is 14.4 Å². The fraction of sp³-hybridized carbons (Fsp3) is 0.727. The Bertz CT molecular complexity index is 294. The molecule has 0 fully saturated rings. The van der Waals surface area contributed by atoms with Gasteiger partial charge >= 0.3 is 12.0 Å². The summed E-state index contributed by atoms with van der Waals surface area (Å²) in [6.45, 7) is 2.63. The molecule has 7 heteroatoms. The van der Waals surface area contributed by atoms with Crippen LogP contribution in [0, 0.1) is 5.92 Å². The molecule has 5 N–H and O–H groups in total. The maximum Gasteiger partial charge on any atom is 0.314 e. The second-order valence-corrected chi connectivity index (χ2v) is 4.23. The lowest BCUT2D eigenvalue weighted by atomic mass is 10.0. The third-order valence-electron chi connectivity index (χ3n) is 2.43. The molecule has 0 bridgehead atoms. The van der Waals surface area contributed by atoms with Crippen molar-refractivity contribution in [2.45, 2.75) is 32.6 Å². The van der Waals surface area contributed by atoms with Crippen LogP contribution in [0.3, 0.4) is 0 Å². The van der Waals surface area contributed by atoms with Crippen LogP contribution in [0.2, 0.25) is 0 Å². The molecular weight excluding hydrogens is 238 g/mol. The number of carboxylic acid groups (broad SMARTS) is 1. The minimum atomic E-state index is -0.806. The predicted molar refractivity (Wildman–Crippen MR) is 65.9 cm³/mol. The number of urea groups is 1. The topological polar surface area (TPSA) is 122 Å². The van der Waals surface area contributed by atoms with Crippen molar-refractivity contribution >= 4 is 17.9 Å². The summed E-state index contributed by atoms with van der Waals surface area (Å²) in [5.74, 6) is -1.02. The van der Waals surface area contributed by atoms with Gasteiger partial charge in [-0.25, -0.2) is 4.79 Å². The Morgan fingerprint density at radius 3 is 2.28 bits per heavy atom. The van der Waals surface area contributed by atoms with Gasteiger partial charge in [0.15, 0.2) is 0 Å². The molecule has 1 unspecified atom stereocenters. The van der Waals surface area contributed by atoms with Gasteiger partial charge in [-0.2, -0.15) is 0 Å². The Hall–Kier alpha value is -1.79. The number of carboxylic acids is 1. The molecule has 0 aromatic heterocycles. The summed E-state index contributed by atoms with van der Waals surface area (Å²) in [4.78, 5) is 32.0. The molecule has 0 rings (SSSR count). The highest BCUT2D eigenvalue weighted by molar-refractivity contribution is 5.76. The van der Waals surface area contributed by atoms with Gasteiger partial charge in [-0.3, -0.25) is 9.59 Å². The zero-order chi connectivity index (χ0) is 14.0. The monoisotopic (exact) mass is 259 g/mol. The summed E-state index contributed by atoms with van der Waals surface area (Å²) in [5, 5.41) is 13.6. The number of amides is 3. The highest BCUT2D eigenvalue weighted by Crippen LogP contribution is 2.08. The molecule has 7 nitrogen and oxygen atoms in total.